The number of benzene rings is 2. The summed E-state index contributed by atoms with van der Waals surface area (Å²) < 4.78 is 5.73. The highest BCUT2D eigenvalue weighted by Gasteiger charge is 2.10. The van der Waals surface area contributed by atoms with Crippen LogP contribution in [-0.2, 0) is 24.4 Å². The van der Waals surface area contributed by atoms with Crippen LogP contribution in [0.25, 0.3) is 0 Å². The van der Waals surface area contributed by atoms with Gasteiger partial charge in [0.1, 0.15) is 5.75 Å². The monoisotopic (exact) mass is 360 g/mol. The Balaban J connectivity index is 0.00000225. The number of aryl methyl sites for hydroxylation is 2. The van der Waals surface area contributed by atoms with Crippen LogP contribution in [0.4, 0.5) is 0 Å². The van der Waals surface area contributed by atoms with E-state index >= 15 is 0 Å². The van der Waals surface area contributed by atoms with Crippen molar-refractivity contribution in [3.05, 3.63) is 64.2 Å². The molecule has 3 rings (SSSR count). The standard InChI is InChI=1S/C20H24N2O2.ClH/c1-14-3-4-15(2)19(9-14)24-8-7-20(23)22-11-16-5-6-17-12-21-13-18(17)10-16;/h3-6,9-10,21H,7-8,11-13H2,1-2H3,(H,22,23);1H. The molecule has 0 fully saturated rings. The molecule has 1 heterocycles. The zero-order valence-corrected chi connectivity index (χ0v) is 15.5. The van der Waals surface area contributed by atoms with E-state index in [0.717, 1.165) is 35.5 Å². The molecule has 2 aromatic rings. The van der Waals surface area contributed by atoms with Crippen LogP contribution in [-0.4, -0.2) is 12.5 Å². The molecule has 0 radical (unpaired) electrons. The molecule has 1 aliphatic rings. The Morgan fingerprint density at radius 1 is 1.12 bits per heavy atom. The molecule has 0 saturated carbocycles. The smallest absolute Gasteiger partial charge is 0.223 e. The minimum Gasteiger partial charge on any atom is -0.493 e. The number of fused-ring (bicyclic) bond motifs is 1. The number of ether oxygens (including phenoxy) is 1. The molecule has 1 amide bonds. The number of hydrogen-bond donors (Lipinski definition) is 2. The molecular formula is C20H25ClN2O2. The number of hydrogen-bond acceptors (Lipinski definition) is 3. The van der Waals surface area contributed by atoms with Crippen molar-refractivity contribution in [2.45, 2.75) is 39.9 Å². The summed E-state index contributed by atoms with van der Waals surface area (Å²) in [5, 5.41) is 6.29. The fourth-order valence-electron chi connectivity index (χ4n) is 2.86. The Morgan fingerprint density at radius 2 is 1.92 bits per heavy atom. The molecule has 0 atom stereocenters. The molecule has 4 nitrogen and oxygen atoms in total. The van der Waals surface area contributed by atoms with Crippen LogP contribution in [0.1, 0.15) is 34.2 Å². The lowest BCUT2D eigenvalue weighted by Crippen LogP contribution is -2.24. The Bertz CT molecular complexity index is 746. The maximum atomic E-state index is 12.0. The van der Waals surface area contributed by atoms with E-state index in [9.17, 15) is 4.79 Å². The Kier molecular flexibility index (Phi) is 6.85. The second kappa shape index (κ2) is 8.88. The van der Waals surface area contributed by atoms with Gasteiger partial charge in [-0.15, -0.1) is 12.4 Å². The van der Waals surface area contributed by atoms with Crippen molar-refractivity contribution in [2.75, 3.05) is 6.61 Å². The van der Waals surface area contributed by atoms with Crippen LogP contribution in [0.5, 0.6) is 5.75 Å². The van der Waals surface area contributed by atoms with E-state index in [0.29, 0.717) is 19.6 Å². The molecule has 0 saturated heterocycles. The van der Waals surface area contributed by atoms with Crippen molar-refractivity contribution in [1.29, 1.82) is 0 Å². The third kappa shape index (κ3) is 5.21. The summed E-state index contributed by atoms with van der Waals surface area (Å²) in [5.41, 5.74) is 6.08. The lowest BCUT2D eigenvalue weighted by Gasteiger charge is -2.10. The minimum atomic E-state index is 0. The van der Waals surface area contributed by atoms with Crippen LogP contribution >= 0.6 is 12.4 Å². The molecule has 0 bridgehead atoms. The average Bonchev–Trinajstić information content (AvgIpc) is 3.04. The van der Waals surface area contributed by atoms with Gasteiger partial charge in [-0.25, -0.2) is 0 Å². The molecule has 134 valence electrons. The first kappa shape index (κ1) is 19.3. The third-order valence-electron chi connectivity index (χ3n) is 4.32. The highest BCUT2D eigenvalue weighted by atomic mass is 35.5. The van der Waals surface area contributed by atoms with Crippen LogP contribution in [0.2, 0.25) is 0 Å². The van der Waals surface area contributed by atoms with Crippen molar-refractivity contribution in [3.8, 4) is 5.75 Å². The summed E-state index contributed by atoms with van der Waals surface area (Å²) in [6.07, 6.45) is 0.361. The second-order valence-electron chi connectivity index (χ2n) is 6.35. The third-order valence-corrected chi connectivity index (χ3v) is 4.32. The fraction of sp³-hybridized carbons (Fsp3) is 0.350. The summed E-state index contributed by atoms with van der Waals surface area (Å²) in [6, 6.07) is 12.5. The molecule has 2 N–H and O–H groups in total. The van der Waals surface area contributed by atoms with E-state index in [2.05, 4.69) is 34.9 Å². The van der Waals surface area contributed by atoms with Gasteiger partial charge in [0.2, 0.25) is 5.91 Å². The zero-order valence-electron chi connectivity index (χ0n) is 14.7. The van der Waals surface area contributed by atoms with Gasteiger partial charge in [0, 0.05) is 19.6 Å². The van der Waals surface area contributed by atoms with Crippen molar-refractivity contribution in [2.24, 2.45) is 0 Å². The molecule has 0 aromatic heterocycles. The Hall–Kier alpha value is -2.04. The van der Waals surface area contributed by atoms with Gasteiger partial charge in [0.15, 0.2) is 0 Å². The van der Waals surface area contributed by atoms with Gasteiger partial charge >= 0.3 is 0 Å². The average molecular weight is 361 g/mol. The van der Waals surface area contributed by atoms with Crippen LogP contribution in [0, 0.1) is 13.8 Å². The van der Waals surface area contributed by atoms with Crippen molar-refractivity contribution >= 4 is 18.3 Å². The van der Waals surface area contributed by atoms with Crippen LogP contribution in [0.15, 0.2) is 36.4 Å². The maximum absolute atomic E-state index is 12.0. The number of nitrogens with one attached hydrogen (secondary N) is 2. The number of carbonyl (C=O) groups is 1. The molecule has 25 heavy (non-hydrogen) atoms. The highest BCUT2D eigenvalue weighted by Crippen LogP contribution is 2.19. The first-order valence-corrected chi connectivity index (χ1v) is 8.40. The number of amides is 1. The largest absolute Gasteiger partial charge is 0.493 e. The van der Waals surface area contributed by atoms with Gasteiger partial charge in [-0.1, -0.05) is 30.3 Å². The molecule has 5 heteroatoms. The Labute approximate surface area is 155 Å². The van der Waals surface area contributed by atoms with Gasteiger partial charge in [-0.3, -0.25) is 4.79 Å². The molecule has 0 aliphatic carbocycles. The molecule has 0 unspecified atom stereocenters. The molecule has 0 spiro atoms. The van der Waals surface area contributed by atoms with Gasteiger partial charge in [0.05, 0.1) is 13.0 Å². The first-order valence-electron chi connectivity index (χ1n) is 8.40. The van der Waals surface area contributed by atoms with Gasteiger partial charge < -0.3 is 15.4 Å². The lowest BCUT2D eigenvalue weighted by molar-refractivity contribution is -0.121. The normalized spacial score (nSPS) is 12.2. The zero-order chi connectivity index (χ0) is 16.9. The van der Waals surface area contributed by atoms with E-state index < -0.39 is 0 Å². The SMILES string of the molecule is Cc1ccc(C)c(OCCC(=O)NCc2ccc3c(c2)CNC3)c1.Cl. The van der Waals surface area contributed by atoms with Gasteiger partial charge in [0.25, 0.3) is 0 Å². The number of halogens is 1. The topological polar surface area (TPSA) is 50.4 Å². The van der Waals surface area contributed by atoms with Crippen molar-refractivity contribution in [1.82, 2.24) is 10.6 Å². The second-order valence-corrected chi connectivity index (χ2v) is 6.35. The summed E-state index contributed by atoms with van der Waals surface area (Å²) in [4.78, 5) is 12.0. The van der Waals surface area contributed by atoms with E-state index in [1.165, 1.54) is 11.1 Å². The summed E-state index contributed by atoms with van der Waals surface area (Å²) in [7, 11) is 0. The predicted octanol–water partition coefficient (Wildman–Crippen LogP) is 3.41. The van der Waals surface area contributed by atoms with Gasteiger partial charge in [-0.05, 0) is 47.7 Å². The minimum absolute atomic E-state index is 0. The summed E-state index contributed by atoms with van der Waals surface area (Å²) in [5.74, 6) is 0.868. The molecule has 1 aliphatic heterocycles. The van der Waals surface area contributed by atoms with Crippen LogP contribution < -0.4 is 15.4 Å². The highest BCUT2D eigenvalue weighted by molar-refractivity contribution is 5.85. The van der Waals surface area contributed by atoms with Gasteiger partial charge in [-0.2, -0.15) is 0 Å². The van der Waals surface area contributed by atoms with E-state index in [1.54, 1.807) is 0 Å². The number of rotatable bonds is 6. The molecule has 2 aromatic carbocycles. The summed E-state index contributed by atoms with van der Waals surface area (Å²) >= 11 is 0. The van der Waals surface area contributed by atoms with E-state index in [4.69, 9.17) is 4.74 Å². The van der Waals surface area contributed by atoms with Crippen molar-refractivity contribution < 1.29 is 9.53 Å². The molecular weight excluding hydrogens is 336 g/mol. The van der Waals surface area contributed by atoms with E-state index in [1.807, 2.05) is 26.0 Å². The fourth-order valence-corrected chi connectivity index (χ4v) is 2.86. The number of carbonyl (C=O) groups excluding carboxylic acids is 1. The maximum Gasteiger partial charge on any atom is 0.223 e. The summed E-state index contributed by atoms with van der Waals surface area (Å²) in [6.45, 7) is 6.86. The van der Waals surface area contributed by atoms with Crippen molar-refractivity contribution in [3.63, 3.8) is 0 Å². The Morgan fingerprint density at radius 3 is 2.76 bits per heavy atom. The quantitative estimate of drug-likeness (QED) is 0.830. The van der Waals surface area contributed by atoms with E-state index in [-0.39, 0.29) is 18.3 Å². The lowest BCUT2D eigenvalue weighted by atomic mass is 10.1. The predicted molar refractivity (Wildman–Crippen MR) is 102 cm³/mol. The van der Waals surface area contributed by atoms with Crippen LogP contribution in [0.3, 0.4) is 0 Å². The first-order chi connectivity index (χ1) is 11.6.